The zero-order valence-electron chi connectivity index (χ0n) is 16.9. The number of ether oxygens (including phenoxy) is 1. The Morgan fingerprint density at radius 3 is 2.67 bits per heavy atom. The van der Waals surface area contributed by atoms with E-state index < -0.39 is 11.8 Å². The number of para-hydroxylation sites is 1. The molecule has 3 amide bonds. The van der Waals surface area contributed by atoms with Crippen molar-refractivity contribution in [2.45, 2.75) is 32.2 Å². The number of carbonyl (C=O) groups excluding carboxylic acids is 3. The Hall–Kier alpha value is -3.35. The first kappa shape index (κ1) is 19.9. The van der Waals surface area contributed by atoms with E-state index in [1.807, 2.05) is 29.2 Å². The maximum atomic E-state index is 12.6. The second-order valence-electron chi connectivity index (χ2n) is 7.66. The summed E-state index contributed by atoms with van der Waals surface area (Å²) in [5.74, 6) is -0.539. The molecule has 156 valence electrons. The van der Waals surface area contributed by atoms with E-state index in [1.54, 1.807) is 25.3 Å². The molecule has 1 saturated carbocycles. The van der Waals surface area contributed by atoms with Crippen LogP contribution in [0.25, 0.3) is 0 Å². The summed E-state index contributed by atoms with van der Waals surface area (Å²) in [6, 6.07) is 12.8. The van der Waals surface area contributed by atoms with Gasteiger partial charge in [-0.3, -0.25) is 14.4 Å². The maximum absolute atomic E-state index is 12.6. The summed E-state index contributed by atoms with van der Waals surface area (Å²) in [5, 5.41) is 5.25. The molecule has 0 saturated heterocycles. The van der Waals surface area contributed by atoms with Crippen LogP contribution in [0.15, 0.2) is 42.5 Å². The minimum atomic E-state index is -0.749. The molecule has 7 heteroatoms. The van der Waals surface area contributed by atoms with Crippen molar-refractivity contribution in [2.24, 2.45) is 5.92 Å². The molecular weight excluding hydrogens is 382 g/mol. The number of rotatable bonds is 5. The van der Waals surface area contributed by atoms with Crippen LogP contribution in [-0.2, 0) is 27.3 Å². The minimum absolute atomic E-state index is 0.134. The molecule has 7 nitrogen and oxygen atoms in total. The molecule has 2 aliphatic rings. The van der Waals surface area contributed by atoms with Crippen LogP contribution < -0.4 is 20.3 Å². The van der Waals surface area contributed by atoms with Gasteiger partial charge >= 0.3 is 11.8 Å². The highest BCUT2D eigenvalue weighted by atomic mass is 16.5. The van der Waals surface area contributed by atoms with E-state index in [2.05, 4.69) is 10.6 Å². The van der Waals surface area contributed by atoms with Crippen molar-refractivity contribution in [3.63, 3.8) is 0 Å². The Bertz CT molecular complexity index is 984. The van der Waals surface area contributed by atoms with E-state index >= 15 is 0 Å². The van der Waals surface area contributed by atoms with Crippen molar-refractivity contribution >= 4 is 29.1 Å². The molecule has 0 unspecified atom stereocenters. The van der Waals surface area contributed by atoms with Crippen molar-refractivity contribution in [3.05, 3.63) is 53.6 Å². The van der Waals surface area contributed by atoms with Gasteiger partial charge in [-0.15, -0.1) is 0 Å². The fraction of sp³-hybridized carbons (Fsp3) is 0.348. The van der Waals surface area contributed by atoms with Crippen LogP contribution in [-0.4, -0.2) is 31.4 Å². The largest absolute Gasteiger partial charge is 0.496 e. The van der Waals surface area contributed by atoms with Crippen molar-refractivity contribution < 1.29 is 19.1 Å². The standard InChI is InChI=1S/C23H25N3O4/c1-30-20-7-3-2-5-17(20)14-24-21(27)22(28)25-18-11-10-15-6-4-12-26(19(15)13-18)23(29)16-8-9-16/h2-3,5,7,10-11,13,16H,4,6,8-9,12,14H2,1H3,(H,24,27)(H,25,28). The van der Waals surface area contributed by atoms with Crippen LogP contribution in [0.5, 0.6) is 5.75 Å². The second-order valence-corrected chi connectivity index (χ2v) is 7.66. The zero-order valence-corrected chi connectivity index (χ0v) is 16.9. The van der Waals surface area contributed by atoms with Gasteiger partial charge in [0.2, 0.25) is 5.91 Å². The van der Waals surface area contributed by atoms with Gasteiger partial charge in [-0.25, -0.2) is 0 Å². The molecule has 0 radical (unpaired) electrons. The van der Waals surface area contributed by atoms with Crippen LogP contribution in [0.1, 0.15) is 30.4 Å². The Kier molecular flexibility index (Phi) is 5.70. The van der Waals surface area contributed by atoms with Gasteiger partial charge in [-0.1, -0.05) is 24.3 Å². The van der Waals surface area contributed by atoms with Crippen LogP contribution >= 0.6 is 0 Å². The molecule has 0 bridgehead atoms. The summed E-state index contributed by atoms with van der Waals surface area (Å²) in [6.07, 6.45) is 3.74. The molecule has 1 aliphatic heterocycles. The molecule has 1 aliphatic carbocycles. The summed E-state index contributed by atoms with van der Waals surface area (Å²) < 4.78 is 5.25. The quantitative estimate of drug-likeness (QED) is 0.746. The number of fused-ring (bicyclic) bond motifs is 1. The normalized spacial score (nSPS) is 15.2. The molecule has 4 rings (SSSR count). The number of carbonyl (C=O) groups is 3. The predicted octanol–water partition coefficient (Wildman–Crippen LogP) is 2.64. The smallest absolute Gasteiger partial charge is 0.313 e. The van der Waals surface area contributed by atoms with Crippen LogP contribution in [0.2, 0.25) is 0 Å². The van der Waals surface area contributed by atoms with Gasteiger partial charge in [0.05, 0.1) is 7.11 Å². The second kappa shape index (κ2) is 8.57. The number of anilines is 2. The SMILES string of the molecule is COc1ccccc1CNC(=O)C(=O)Nc1ccc2c(c1)N(C(=O)C1CC1)CCC2. The maximum Gasteiger partial charge on any atom is 0.313 e. The van der Waals surface area contributed by atoms with E-state index in [0.29, 0.717) is 18.0 Å². The van der Waals surface area contributed by atoms with Gasteiger partial charge in [0.15, 0.2) is 0 Å². The number of aryl methyl sites for hydroxylation is 1. The van der Waals surface area contributed by atoms with E-state index in [0.717, 1.165) is 42.5 Å². The van der Waals surface area contributed by atoms with Crippen LogP contribution in [0.4, 0.5) is 11.4 Å². The van der Waals surface area contributed by atoms with Gasteiger partial charge in [-0.2, -0.15) is 0 Å². The lowest BCUT2D eigenvalue weighted by Crippen LogP contribution is -2.37. The highest BCUT2D eigenvalue weighted by Gasteiger charge is 2.35. The van der Waals surface area contributed by atoms with Crippen LogP contribution in [0.3, 0.4) is 0 Å². The Morgan fingerprint density at radius 2 is 1.90 bits per heavy atom. The average molecular weight is 407 g/mol. The highest BCUT2D eigenvalue weighted by molar-refractivity contribution is 6.39. The predicted molar refractivity (Wildman–Crippen MR) is 113 cm³/mol. The van der Waals surface area contributed by atoms with E-state index in [4.69, 9.17) is 4.74 Å². The number of methoxy groups -OCH3 is 1. The number of nitrogens with one attached hydrogen (secondary N) is 2. The average Bonchev–Trinajstić information content (AvgIpc) is 3.62. The molecule has 2 N–H and O–H groups in total. The Balaban J connectivity index is 1.41. The molecule has 2 aromatic carbocycles. The Labute approximate surface area is 175 Å². The number of benzene rings is 2. The first-order valence-electron chi connectivity index (χ1n) is 10.2. The van der Waals surface area contributed by atoms with E-state index in [-0.39, 0.29) is 18.4 Å². The first-order chi connectivity index (χ1) is 14.6. The monoisotopic (exact) mass is 407 g/mol. The molecule has 0 atom stereocenters. The lowest BCUT2D eigenvalue weighted by molar-refractivity contribution is -0.136. The van der Waals surface area contributed by atoms with Gasteiger partial charge in [-0.05, 0) is 49.4 Å². The van der Waals surface area contributed by atoms with Gasteiger partial charge in [0.25, 0.3) is 0 Å². The molecule has 1 fully saturated rings. The topological polar surface area (TPSA) is 87.7 Å². The third kappa shape index (κ3) is 4.30. The van der Waals surface area contributed by atoms with Gasteiger partial charge in [0.1, 0.15) is 5.75 Å². The number of amides is 3. The highest BCUT2D eigenvalue weighted by Crippen LogP contribution is 2.36. The summed E-state index contributed by atoms with van der Waals surface area (Å²) in [6.45, 7) is 0.878. The summed E-state index contributed by atoms with van der Waals surface area (Å²) in [7, 11) is 1.56. The van der Waals surface area contributed by atoms with Gasteiger partial charge in [0, 0.05) is 35.9 Å². The lowest BCUT2D eigenvalue weighted by Gasteiger charge is -2.30. The summed E-state index contributed by atoms with van der Waals surface area (Å²) in [4.78, 5) is 39.0. The van der Waals surface area contributed by atoms with Crippen molar-refractivity contribution in [2.75, 3.05) is 23.9 Å². The molecule has 0 spiro atoms. The van der Waals surface area contributed by atoms with E-state index in [9.17, 15) is 14.4 Å². The zero-order chi connectivity index (χ0) is 21.1. The third-order valence-corrected chi connectivity index (χ3v) is 5.49. The molecule has 30 heavy (non-hydrogen) atoms. The molecule has 0 aromatic heterocycles. The van der Waals surface area contributed by atoms with Gasteiger partial charge < -0.3 is 20.3 Å². The summed E-state index contributed by atoms with van der Waals surface area (Å²) in [5.41, 5.74) is 3.21. The Morgan fingerprint density at radius 1 is 1.10 bits per heavy atom. The molecular formula is C23H25N3O4. The van der Waals surface area contributed by atoms with Crippen LogP contribution in [0, 0.1) is 5.92 Å². The van der Waals surface area contributed by atoms with Crippen molar-refractivity contribution in [3.8, 4) is 5.75 Å². The molecule has 1 heterocycles. The van der Waals surface area contributed by atoms with Crippen molar-refractivity contribution in [1.82, 2.24) is 5.32 Å². The minimum Gasteiger partial charge on any atom is -0.496 e. The first-order valence-corrected chi connectivity index (χ1v) is 10.2. The lowest BCUT2D eigenvalue weighted by atomic mass is 10.0. The van der Waals surface area contributed by atoms with Crippen molar-refractivity contribution in [1.29, 1.82) is 0 Å². The number of nitrogens with zero attached hydrogens (tertiary/aromatic N) is 1. The molecule has 2 aromatic rings. The van der Waals surface area contributed by atoms with E-state index in [1.165, 1.54) is 0 Å². The third-order valence-electron chi connectivity index (χ3n) is 5.49. The number of hydrogen-bond donors (Lipinski definition) is 2. The fourth-order valence-electron chi connectivity index (χ4n) is 3.72. The number of hydrogen-bond acceptors (Lipinski definition) is 4. The summed E-state index contributed by atoms with van der Waals surface area (Å²) >= 11 is 0. The fourth-order valence-corrected chi connectivity index (χ4v) is 3.72.